The summed E-state index contributed by atoms with van der Waals surface area (Å²) in [6.07, 6.45) is -5.10. The van der Waals surface area contributed by atoms with Crippen LogP contribution in [0.25, 0.3) is 0 Å². The van der Waals surface area contributed by atoms with Crippen LogP contribution in [0.4, 0.5) is 18.0 Å². The van der Waals surface area contributed by atoms with E-state index in [-0.39, 0.29) is 13.2 Å². The van der Waals surface area contributed by atoms with Crippen molar-refractivity contribution in [1.29, 1.82) is 0 Å². The third-order valence-corrected chi connectivity index (χ3v) is 2.47. The molecular formula is C10H17F3N2O4. The van der Waals surface area contributed by atoms with Gasteiger partial charge in [-0.05, 0) is 13.8 Å². The van der Waals surface area contributed by atoms with Gasteiger partial charge in [-0.3, -0.25) is 0 Å². The molecule has 0 rings (SSSR count). The summed E-state index contributed by atoms with van der Waals surface area (Å²) in [4.78, 5) is 23.1. The van der Waals surface area contributed by atoms with Gasteiger partial charge in [0.05, 0.1) is 6.61 Å². The average molecular weight is 286 g/mol. The van der Waals surface area contributed by atoms with Crippen molar-refractivity contribution in [1.82, 2.24) is 10.2 Å². The first-order valence-corrected chi connectivity index (χ1v) is 5.47. The quantitative estimate of drug-likeness (QED) is 0.716. The highest BCUT2D eigenvalue weighted by Gasteiger charge is 2.58. The zero-order valence-electron chi connectivity index (χ0n) is 10.9. The molecule has 6 nitrogen and oxygen atoms in total. The molecule has 0 aromatic heterocycles. The lowest BCUT2D eigenvalue weighted by Gasteiger charge is -2.30. The number of nitrogens with zero attached hydrogens (tertiary/aromatic N) is 1. The molecular weight excluding hydrogens is 269 g/mol. The van der Waals surface area contributed by atoms with Gasteiger partial charge in [0.15, 0.2) is 0 Å². The molecule has 1 unspecified atom stereocenters. The topological polar surface area (TPSA) is 78.9 Å². The number of alkyl halides is 3. The number of hydrogen-bond acceptors (Lipinski definition) is 3. The van der Waals surface area contributed by atoms with Gasteiger partial charge >= 0.3 is 18.2 Å². The molecule has 0 saturated heterocycles. The van der Waals surface area contributed by atoms with Crippen LogP contribution in [0, 0.1) is 0 Å². The molecule has 0 heterocycles. The van der Waals surface area contributed by atoms with E-state index in [4.69, 9.17) is 9.84 Å². The standard InChI is InChI=1S/C10H17F3N2O4/c1-4-19-6-5-15(3)8(18)14-9(2,7(16)17)10(11,12)13/h4-6H2,1-3H3,(H,14,18)(H,16,17). The minimum Gasteiger partial charge on any atom is -0.479 e. The number of carboxylic acid groups (broad SMARTS) is 1. The Morgan fingerprint density at radius 1 is 1.37 bits per heavy atom. The van der Waals surface area contributed by atoms with Gasteiger partial charge in [-0.15, -0.1) is 0 Å². The number of halogens is 3. The summed E-state index contributed by atoms with van der Waals surface area (Å²) >= 11 is 0. The Balaban J connectivity index is 4.70. The minimum atomic E-state index is -5.10. The fraction of sp³-hybridized carbons (Fsp3) is 0.800. The summed E-state index contributed by atoms with van der Waals surface area (Å²) in [5.41, 5.74) is -3.33. The van der Waals surface area contributed by atoms with E-state index >= 15 is 0 Å². The number of carbonyl (C=O) groups excluding carboxylic acids is 1. The second-order valence-corrected chi connectivity index (χ2v) is 3.98. The zero-order valence-corrected chi connectivity index (χ0v) is 10.9. The molecule has 2 N–H and O–H groups in total. The fourth-order valence-electron chi connectivity index (χ4n) is 1.00. The average Bonchev–Trinajstić information content (AvgIpc) is 2.27. The second-order valence-electron chi connectivity index (χ2n) is 3.98. The maximum Gasteiger partial charge on any atom is 0.422 e. The van der Waals surface area contributed by atoms with Crippen molar-refractivity contribution in [3.8, 4) is 0 Å². The van der Waals surface area contributed by atoms with Crippen molar-refractivity contribution < 1.29 is 32.6 Å². The van der Waals surface area contributed by atoms with Crippen molar-refractivity contribution in [2.24, 2.45) is 0 Å². The number of carbonyl (C=O) groups is 2. The highest BCUT2D eigenvalue weighted by atomic mass is 19.4. The second kappa shape index (κ2) is 6.60. The molecule has 112 valence electrons. The predicted molar refractivity (Wildman–Crippen MR) is 59.8 cm³/mol. The Bertz CT molecular complexity index is 335. The summed E-state index contributed by atoms with van der Waals surface area (Å²) in [7, 11) is 1.24. The van der Waals surface area contributed by atoms with Crippen molar-refractivity contribution in [2.45, 2.75) is 25.6 Å². The predicted octanol–water partition coefficient (Wildman–Crippen LogP) is 1.07. The summed E-state index contributed by atoms with van der Waals surface area (Å²) in [5, 5.41) is 10.1. The Hall–Kier alpha value is -1.51. The fourth-order valence-corrected chi connectivity index (χ4v) is 1.00. The number of likely N-dealkylation sites (N-methyl/N-ethyl adjacent to an activating group) is 1. The molecule has 0 aromatic rings. The highest BCUT2D eigenvalue weighted by Crippen LogP contribution is 2.30. The Labute approximate surface area is 108 Å². The summed E-state index contributed by atoms with van der Waals surface area (Å²) in [5.74, 6) is -2.17. The lowest BCUT2D eigenvalue weighted by molar-refractivity contribution is -0.203. The van der Waals surface area contributed by atoms with Gasteiger partial charge in [0.25, 0.3) is 0 Å². The van der Waals surface area contributed by atoms with Crippen LogP contribution in [-0.2, 0) is 9.53 Å². The molecule has 2 amide bonds. The molecule has 0 bridgehead atoms. The molecule has 0 aliphatic carbocycles. The molecule has 9 heteroatoms. The first kappa shape index (κ1) is 17.5. The van der Waals surface area contributed by atoms with Crippen LogP contribution >= 0.6 is 0 Å². The van der Waals surface area contributed by atoms with Crippen molar-refractivity contribution in [2.75, 3.05) is 26.8 Å². The lowest BCUT2D eigenvalue weighted by atomic mass is 10.0. The molecule has 0 aliphatic heterocycles. The molecule has 0 spiro atoms. The number of nitrogens with one attached hydrogen (secondary N) is 1. The van der Waals surface area contributed by atoms with Crippen LogP contribution in [0.3, 0.4) is 0 Å². The maximum absolute atomic E-state index is 12.6. The van der Waals surface area contributed by atoms with Gasteiger partial charge in [-0.25, -0.2) is 9.59 Å². The third-order valence-electron chi connectivity index (χ3n) is 2.47. The smallest absolute Gasteiger partial charge is 0.422 e. The molecule has 0 aliphatic rings. The lowest BCUT2D eigenvalue weighted by Crippen LogP contribution is -2.63. The number of carboxylic acids is 1. The normalized spacial score (nSPS) is 14.6. The Kier molecular flexibility index (Phi) is 6.07. The SMILES string of the molecule is CCOCCN(C)C(=O)NC(C)(C(=O)O)C(F)(F)F. The number of hydrogen-bond donors (Lipinski definition) is 2. The number of urea groups is 1. The number of aliphatic carboxylic acids is 1. The van der Waals surface area contributed by atoms with Gasteiger partial charge in [0.2, 0.25) is 5.54 Å². The number of amides is 2. The van der Waals surface area contributed by atoms with Gasteiger partial charge in [-0.2, -0.15) is 13.2 Å². The molecule has 1 atom stereocenters. The monoisotopic (exact) mass is 286 g/mol. The first-order chi connectivity index (χ1) is 8.56. The van der Waals surface area contributed by atoms with Crippen LogP contribution in [0.5, 0.6) is 0 Å². The van der Waals surface area contributed by atoms with Crippen LogP contribution in [0.1, 0.15) is 13.8 Å². The van der Waals surface area contributed by atoms with E-state index in [0.29, 0.717) is 13.5 Å². The van der Waals surface area contributed by atoms with Gasteiger partial charge in [0, 0.05) is 20.2 Å². The Morgan fingerprint density at radius 3 is 2.26 bits per heavy atom. The zero-order chi connectivity index (χ0) is 15.3. The van der Waals surface area contributed by atoms with Crippen LogP contribution in [-0.4, -0.2) is 60.5 Å². The van der Waals surface area contributed by atoms with E-state index in [2.05, 4.69) is 0 Å². The number of rotatable bonds is 6. The van der Waals surface area contributed by atoms with Crippen molar-refractivity contribution in [3.63, 3.8) is 0 Å². The third kappa shape index (κ3) is 4.58. The van der Waals surface area contributed by atoms with Crippen molar-refractivity contribution >= 4 is 12.0 Å². The molecule has 0 saturated carbocycles. The first-order valence-electron chi connectivity index (χ1n) is 5.47. The molecule has 0 aromatic carbocycles. The summed E-state index contributed by atoms with van der Waals surface area (Å²) in [6.45, 7) is 2.73. The van der Waals surface area contributed by atoms with E-state index in [0.717, 1.165) is 4.90 Å². The van der Waals surface area contributed by atoms with Crippen molar-refractivity contribution in [3.05, 3.63) is 0 Å². The van der Waals surface area contributed by atoms with E-state index < -0.39 is 23.7 Å². The van der Waals surface area contributed by atoms with E-state index in [9.17, 15) is 22.8 Å². The van der Waals surface area contributed by atoms with Gasteiger partial charge in [0.1, 0.15) is 0 Å². The highest BCUT2D eigenvalue weighted by molar-refractivity contribution is 5.86. The maximum atomic E-state index is 12.6. The van der Waals surface area contributed by atoms with Gasteiger partial charge in [-0.1, -0.05) is 0 Å². The van der Waals surface area contributed by atoms with Crippen LogP contribution in [0.2, 0.25) is 0 Å². The minimum absolute atomic E-state index is 0.0488. The number of ether oxygens (including phenoxy) is 1. The summed E-state index contributed by atoms with van der Waals surface area (Å²) < 4.78 is 42.9. The van der Waals surface area contributed by atoms with E-state index in [1.165, 1.54) is 12.4 Å². The molecule has 0 radical (unpaired) electrons. The van der Waals surface area contributed by atoms with E-state index in [1.54, 1.807) is 6.92 Å². The summed E-state index contributed by atoms with van der Waals surface area (Å²) in [6, 6.07) is -1.14. The van der Waals surface area contributed by atoms with Gasteiger partial charge < -0.3 is 20.1 Å². The van der Waals surface area contributed by atoms with Crippen LogP contribution < -0.4 is 5.32 Å². The largest absolute Gasteiger partial charge is 0.479 e. The molecule has 0 fully saturated rings. The Morgan fingerprint density at radius 2 is 1.89 bits per heavy atom. The van der Waals surface area contributed by atoms with Crippen LogP contribution in [0.15, 0.2) is 0 Å². The van der Waals surface area contributed by atoms with E-state index in [1.807, 2.05) is 0 Å². The molecule has 19 heavy (non-hydrogen) atoms.